The van der Waals surface area contributed by atoms with E-state index in [4.69, 9.17) is 11.6 Å². The second-order valence-corrected chi connectivity index (χ2v) is 8.09. The number of nitrogens with zero attached hydrogens (tertiary/aromatic N) is 1. The summed E-state index contributed by atoms with van der Waals surface area (Å²) < 4.78 is 26.6. The zero-order chi connectivity index (χ0) is 16.3. The first-order valence-corrected chi connectivity index (χ1v) is 9.19. The molecule has 1 N–H and O–H groups in total. The highest BCUT2D eigenvalue weighted by molar-refractivity contribution is 7.89. The van der Waals surface area contributed by atoms with Crippen LogP contribution >= 0.6 is 11.6 Å². The van der Waals surface area contributed by atoms with Crippen LogP contribution in [0.2, 0.25) is 5.02 Å². The fraction of sp³-hybridized carbons (Fsp3) is 0.533. The Kier molecular flexibility index (Phi) is 5.47. The summed E-state index contributed by atoms with van der Waals surface area (Å²) in [6.07, 6.45) is 1.23. The van der Waals surface area contributed by atoms with E-state index >= 15 is 0 Å². The summed E-state index contributed by atoms with van der Waals surface area (Å²) in [5.41, 5.74) is 0. The van der Waals surface area contributed by atoms with Crippen LogP contribution in [0.15, 0.2) is 29.2 Å². The zero-order valence-electron chi connectivity index (χ0n) is 12.8. The van der Waals surface area contributed by atoms with E-state index in [2.05, 4.69) is 5.32 Å². The second-order valence-electron chi connectivity index (χ2n) is 5.77. The van der Waals surface area contributed by atoms with Crippen molar-refractivity contribution in [1.82, 2.24) is 9.62 Å². The van der Waals surface area contributed by atoms with E-state index in [-0.39, 0.29) is 27.8 Å². The van der Waals surface area contributed by atoms with Crippen molar-refractivity contribution >= 4 is 27.5 Å². The van der Waals surface area contributed by atoms with Gasteiger partial charge in [-0.3, -0.25) is 4.79 Å². The maximum Gasteiger partial charge on any atom is 0.244 e. The summed E-state index contributed by atoms with van der Waals surface area (Å²) in [5, 5.41) is 3.19. The molecule has 0 unspecified atom stereocenters. The minimum atomic E-state index is -3.57. The Morgan fingerprint density at radius 3 is 2.41 bits per heavy atom. The normalized spacial score (nSPS) is 17.6. The molecule has 0 saturated carbocycles. The van der Waals surface area contributed by atoms with Crippen molar-refractivity contribution in [3.05, 3.63) is 29.3 Å². The first-order chi connectivity index (χ1) is 10.3. The van der Waals surface area contributed by atoms with Gasteiger partial charge in [0.25, 0.3) is 0 Å². The predicted octanol–water partition coefficient (Wildman–Crippen LogP) is 2.27. The highest BCUT2D eigenvalue weighted by Gasteiger charge is 2.31. The van der Waals surface area contributed by atoms with Crippen LogP contribution in [0, 0.1) is 5.92 Å². The monoisotopic (exact) mass is 344 g/mol. The van der Waals surface area contributed by atoms with Gasteiger partial charge < -0.3 is 5.32 Å². The lowest BCUT2D eigenvalue weighted by Crippen LogP contribution is -2.47. The summed E-state index contributed by atoms with van der Waals surface area (Å²) in [4.78, 5) is 11.8. The number of hydrogen-bond donors (Lipinski definition) is 1. The number of piperidine rings is 1. The van der Waals surface area contributed by atoms with Gasteiger partial charge in [-0.15, -0.1) is 0 Å². The van der Waals surface area contributed by atoms with Crippen LogP contribution in [-0.2, 0) is 14.8 Å². The van der Waals surface area contributed by atoms with Crippen molar-refractivity contribution in [2.24, 2.45) is 5.92 Å². The fourth-order valence-electron chi connectivity index (χ4n) is 2.40. The van der Waals surface area contributed by atoms with Gasteiger partial charge in [-0.25, -0.2) is 8.42 Å². The molecule has 5 nitrogen and oxygen atoms in total. The first-order valence-electron chi connectivity index (χ1n) is 7.37. The van der Waals surface area contributed by atoms with Gasteiger partial charge in [0.05, 0.1) is 5.02 Å². The zero-order valence-corrected chi connectivity index (χ0v) is 14.3. The molecule has 7 heteroatoms. The molecule has 122 valence electrons. The van der Waals surface area contributed by atoms with E-state index in [1.807, 2.05) is 13.8 Å². The lowest BCUT2D eigenvalue weighted by atomic mass is 10.1. The largest absolute Gasteiger partial charge is 0.353 e. The predicted molar refractivity (Wildman–Crippen MR) is 86.2 cm³/mol. The van der Waals surface area contributed by atoms with Crippen LogP contribution in [0.5, 0.6) is 0 Å². The average molecular weight is 345 g/mol. The maximum atomic E-state index is 12.6. The Balaban J connectivity index is 2.02. The Bertz CT molecular complexity index is 638. The van der Waals surface area contributed by atoms with Gasteiger partial charge in [0, 0.05) is 25.0 Å². The first kappa shape index (κ1) is 17.2. The molecule has 0 aromatic heterocycles. The average Bonchev–Trinajstić information content (AvgIpc) is 2.48. The van der Waals surface area contributed by atoms with Crippen molar-refractivity contribution in [3.63, 3.8) is 0 Å². The summed E-state index contributed by atoms with van der Waals surface area (Å²) in [7, 11) is -3.57. The van der Waals surface area contributed by atoms with Crippen LogP contribution in [0.4, 0.5) is 0 Å². The molecule has 1 aliphatic heterocycles. The molecule has 0 bridgehead atoms. The van der Waals surface area contributed by atoms with Crippen molar-refractivity contribution < 1.29 is 13.2 Å². The number of halogens is 1. The highest BCUT2D eigenvalue weighted by atomic mass is 35.5. The van der Waals surface area contributed by atoms with E-state index in [1.165, 1.54) is 10.4 Å². The molecular formula is C15H21ClN2O3S. The molecule has 1 heterocycles. The molecule has 22 heavy (non-hydrogen) atoms. The van der Waals surface area contributed by atoms with Crippen molar-refractivity contribution in [1.29, 1.82) is 0 Å². The van der Waals surface area contributed by atoms with Gasteiger partial charge >= 0.3 is 0 Å². The second kappa shape index (κ2) is 6.98. The van der Waals surface area contributed by atoms with Crippen LogP contribution in [0.3, 0.4) is 0 Å². The maximum absolute atomic E-state index is 12.6. The molecule has 0 aliphatic carbocycles. The summed E-state index contributed by atoms with van der Waals surface area (Å²) in [6.45, 7) is 4.45. The quantitative estimate of drug-likeness (QED) is 0.911. The fourth-order valence-corrected chi connectivity index (χ4v) is 4.36. The minimum absolute atomic E-state index is 0.00686. The standard InChI is InChI=1S/C15H21ClN2O3S/c1-11(2)15(19)17-12-7-9-18(10-8-12)22(20,21)14-6-4-3-5-13(14)16/h3-6,11-12H,7-10H2,1-2H3,(H,17,19). The van der Waals surface area contributed by atoms with Crippen LogP contribution < -0.4 is 5.32 Å². The van der Waals surface area contributed by atoms with E-state index in [0.717, 1.165) is 0 Å². The van der Waals surface area contributed by atoms with Gasteiger partial charge in [-0.1, -0.05) is 37.6 Å². The van der Waals surface area contributed by atoms with Gasteiger partial charge in [-0.05, 0) is 25.0 Å². The van der Waals surface area contributed by atoms with Crippen molar-refractivity contribution in [2.45, 2.75) is 37.6 Å². The summed E-state index contributed by atoms with van der Waals surface area (Å²) in [5.74, 6) is -0.0581. The number of nitrogens with one attached hydrogen (secondary N) is 1. The third kappa shape index (κ3) is 3.80. The molecule has 0 spiro atoms. The SMILES string of the molecule is CC(C)C(=O)NC1CCN(S(=O)(=O)c2ccccc2Cl)CC1. The van der Waals surface area contributed by atoms with Crippen LogP contribution in [0.1, 0.15) is 26.7 Å². The Morgan fingerprint density at radius 1 is 1.27 bits per heavy atom. The van der Waals surface area contributed by atoms with E-state index in [0.29, 0.717) is 25.9 Å². The third-order valence-electron chi connectivity index (χ3n) is 3.78. The number of hydrogen-bond acceptors (Lipinski definition) is 3. The van der Waals surface area contributed by atoms with Crippen LogP contribution in [0.25, 0.3) is 0 Å². The van der Waals surface area contributed by atoms with E-state index < -0.39 is 10.0 Å². The number of amides is 1. The number of carbonyl (C=O) groups is 1. The molecule has 1 fully saturated rings. The Morgan fingerprint density at radius 2 is 1.86 bits per heavy atom. The molecule has 1 aromatic rings. The van der Waals surface area contributed by atoms with Crippen LogP contribution in [-0.4, -0.2) is 37.8 Å². The molecule has 1 amide bonds. The Hall–Kier alpha value is -1.11. The topological polar surface area (TPSA) is 66.5 Å². The number of sulfonamides is 1. The number of carbonyl (C=O) groups excluding carboxylic acids is 1. The molecular weight excluding hydrogens is 324 g/mol. The van der Waals surface area contributed by atoms with E-state index in [1.54, 1.807) is 18.2 Å². The smallest absolute Gasteiger partial charge is 0.244 e. The number of benzene rings is 1. The molecule has 0 radical (unpaired) electrons. The lowest BCUT2D eigenvalue weighted by molar-refractivity contribution is -0.124. The third-order valence-corrected chi connectivity index (χ3v) is 6.18. The van der Waals surface area contributed by atoms with Gasteiger partial charge in [0.2, 0.25) is 15.9 Å². The molecule has 0 atom stereocenters. The molecule has 2 rings (SSSR count). The van der Waals surface area contributed by atoms with Crippen molar-refractivity contribution in [3.8, 4) is 0 Å². The molecule has 1 aromatic carbocycles. The van der Waals surface area contributed by atoms with E-state index in [9.17, 15) is 13.2 Å². The number of rotatable bonds is 4. The molecule has 1 saturated heterocycles. The summed E-state index contributed by atoms with van der Waals surface area (Å²) in [6, 6.07) is 6.49. The van der Waals surface area contributed by atoms with Gasteiger partial charge in [0.15, 0.2) is 0 Å². The summed E-state index contributed by atoms with van der Waals surface area (Å²) >= 11 is 6.00. The van der Waals surface area contributed by atoms with Crippen molar-refractivity contribution in [2.75, 3.05) is 13.1 Å². The minimum Gasteiger partial charge on any atom is -0.353 e. The lowest BCUT2D eigenvalue weighted by Gasteiger charge is -2.32. The Labute approximate surface area is 136 Å². The van der Waals surface area contributed by atoms with Gasteiger partial charge in [0.1, 0.15) is 4.90 Å². The molecule has 1 aliphatic rings. The van der Waals surface area contributed by atoms with Gasteiger partial charge in [-0.2, -0.15) is 4.31 Å². The highest BCUT2D eigenvalue weighted by Crippen LogP contribution is 2.26.